The second-order valence-electron chi connectivity index (χ2n) is 5.56. The van der Waals surface area contributed by atoms with Gasteiger partial charge in [0, 0.05) is 32.9 Å². The number of carbonyl (C=O) groups excluding carboxylic acids is 1. The second kappa shape index (κ2) is 5.54. The summed E-state index contributed by atoms with van der Waals surface area (Å²) in [7, 11) is 1.87. The van der Waals surface area contributed by atoms with Gasteiger partial charge >= 0.3 is 0 Å². The maximum absolute atomic E-state index is 12.6. The van der Waals surface area contributed by atoms with Gasteiger partial charge in [0.25, 0.3) is 0 Å². The monoisotopic (exact) mass is 278 g/mol. The number of rotatable bonds is 3. The first-order chi connectivity index (χ1) is 9.69. The highest BCUT2D eigenvalue weighted by Crippen LogP contribution is 2.25. The summed E-state index contributed by atoms with van der Waals surface area (Å²) in [6.07, 6.45) is 5.82. The van der Waals surface area contributed by atoms with Crippen molar-refractivity contribution >= 4 is 11.6 Å². The number of amides is 1. The first-order valence-corrected chi connectivity index (χ1v) is 7.34. The molecule has 1 amide bonds. The van der Waals surface area contributed by atoms with E-state index in [4.69, 9.17) is 4.74 Å². The Balaban J connectivity index is 1.69. The molecule has 0 aliphatic carbocycles. The maximum atomic E-state index is 12.6. The van der Waals surface area contributed by atoms with Crippen molar-refractivity contribution in [3.63, 3.8) is 0 Å². The largest absolute Gasteiger partial charge is 0.376 e. The van der Waals surface area contributed by atoms with E-state index in [2.05, 4.69) is 16.9 Å². The van der Waals surface area contributed by atoms with E-state index >= 15 is 0 Å². The number of ether oxygens (including phenoxy) is 1. The van der Waals surface area contributed by atoms with Gasteiger partial charge in [0.15, 0.2) is 0 Å². The van der Waals surface area contributed by atoms with Crippen molar-refractivity contribution in [1.29, 1.82) is 0 Å². The molecule has 3 rings (SSSR count). The van der Waals surface area contributed by atoms with Crippen LogP contribution in [0.5, 0.6) is 0 Å². The van der Waals surface area contributed by atoms with Gasteiger partial charge in [-0.25, -0.2) is 0 Å². The lowest BCUT2D eigenvalue weighted by atomic mass is 10.1. The van der Waals surface area contributed by atoms with Crippen LogP contribution < -0.4 is 4.90 Å². The van der Waals surface area contributed by atoms with Crippen molar-refractivity contribution in [2.45, 2.75) is 31.9 Å². The third-order valence-electron chi connectivity index (χ3n) is 4.25. The van der Waals surface area contributed by atoms with Gasteiger partial charge in [-0.05, 0) is 12.8 Å². The first-order valence-electron chi connectivity index (χ1n) is 7.34. The normalized spacial score (nSPS) is 28.3. The molecule has 6 heteroatoms. The topological polar surface area (TPSA) is 50.6 Å². The molecule has 2 atom stereocenters. The standard InChI is InChI=1S/C14H22N4O2/c1-3-12-10-17(6-7-20-12)13-4-5-18(14(13)19)11-8-15-16(2)9-11/h8-9,12-13H,3-7,10H2,1-2H3/t12-,13-/m1/s1. The van der Waals surface area contributed by atoms with Crippen molar-refractivity contribution in [2.24, 2.45) is 7.05 Å². The average Bonchev–Trinajstić information content (AvgIpc) is 3.05. The van der Waals surface area contributed by atoms with Crippen molar-refractivity contribution in [2.75, 3.05) is 31.1 Å². The quantitative estimate of drug-likeness (QED) is 0.814. The van der Waals surface area contributed by atoms with Crippen molar-refractivity contribution in [3.8, 4) is 0 Å². The van der Waals surface area contributed by atoms with E-state index in [1.807, 2.05) is 18.1 Å². The second-order valence-corrected chi connectivity index (χ2v) is 5.56. The molecule has 3 heterocycles. The number of nitrogens with zero attached hydrogens (tertiary/aromatic N) is 4. The maximum Gasteiger partial charge on any atom is 0.244 e. The molecule has 0 radical (unpaired) electrons. The van der Waals surface area contributed by atoms with Gasteiger partial charge in [-0.1, -0.05) is 6.92 Å². The van der Waals surface area contributed by atoms with Crippen LogP contribution in [0.1, 0.15) is 19.8 Å². The molecular formula is C14H22N4O2. The minimum absolute atomic E-state index is 0.00755. The zero-order valence-electron chi connectivity index (χ0n) is 12.2. The van der Waals surface area contributed by atoms with Crippen LogP contribution in [-0.2, 0) is 16.6 Å². The summed E-state index contributed by atoms with van der Waals surface area (Å²) in [5.74, 6) is 0.203. The molecule has 1 aromatic rings. The van der Waals surface area contributed by atoms with Crippen LogP contribution in [0.2, 0.25) is 0 Å². The Kier molecular flexibility index (Phi) is 3.76. The van der Waals surface area contributed by atoms with Gasteiger partial charge in [0.05, 0.1) is 30.6 Å². The van der Waals surface area contributed by atoms with Crippen LogP contribution in [0.3, 0.4) is 0 Å². The molecule has 2 fully saturated rings. The minimum Gasteiger partial charge on any atom is -0.376 e. The molecule has 0 aromatic carbocycles. The van der Waals surface area contributed by atoms with E-state index in [1.165, 1.54) is 0 Å². The third kappa shape index (κ3) is 2.45. The smallest absolute Gasteiger partial charge is 0.244 e. The highest BCUT2D eigenvalue weighted by molar-refractivity contribution is 5.99. The molecule has 2 aliphatic heterocycles. The molecule has 0 saturated carbocycles. The lowest BCUT2D eigenvalue weighted by Crippen LogP contribution is -2.50. The zero-order valence-corrected chi connectivity index (χ0v) is 12.2. The fourth-order valence-electron chi connectivity index (χ4n) is 3.08. The van der Waals surface area contributed by atoms with Gasteiger partial charge in [-0.15, -0.1) is 0 Å². The van der Waals surface area contributed by atoms with Crippen LogP contribution in [-0.4, -0.2) is 59.0 Å². The van der Waals surface area contributed by atoms with Crippen LogP contribution in [0.25, 0.3) is 0 Å². The number of aromatic nitrogens is 2. The summed E-state index contributed by atoms with van der Waals surface area (Å²) >= 11 is 0. The molecule has 0 spiro atoms. The third-order valence-corrected chi connectivity index (χ3v) is 4.25. The van der Waals surface area contributed by atoms with E-state index in [-0.39, 0.29) is 18.1 Å². The van der Waals surface area contributed by atoms with Gasteiger partial charge in [-0.2, -0.15) is 5.10 Å². The number of hydrogen-bond donors (Lipinski definition) is 0. The molecule has 20 heavy (non-hydrogen) atoms. The molecule has 0 unspecified atom stereocenters. The van der Waals surface area contributed by atoms with Gasteiger partial charge in [0.1, 0.15) is 0 Å². The van der Waals surface area contributed by atoms with Gasteiger partial charge in [0.2, 0.25) is 5.91 Å². The Bertz CT molecular complexity index is 487. The Morgan fingerprint density at radius 2 is 2.30 bits per heavy atom. The number of hydrogen-bond acceptors (Lipinski definition) is 4. The molecule has 0 N–H and O–H groups in total. The molecule has 110 valence electrons. The van der Waals surface area contributed by atoms with Crippen molar-refractivity contribution in [1.82, 2.24) is 14.7 Å². The minimum atomic E-state index is 0.00755. The fourth-order valence-corrected chi connectivity index (χ4v) is 3.08. The van der Waals surface area contributed by atoms with E-state index in [9.17, 15) is 4.79 Å². The van der Waals surface area contributed by atoms with Crippen LogP contribution in [0.4, 0.5) is 5.69 Å². The van der Waals surface area contributed by atoms with Gasteiger partial charge < -0.3 is 9.64 Å². The van der Waals surface area contributed by atoms with E-state index < -0.39 is 0 Å². The molecule has 2 saturated heterocycles. The lowest BCUT2D eigenvalue weighted by Gasteiger charge is -2.35. The number of aryl methyl sites for hydroxylation is 1. The SMILES string of the molecule is CC[C@@H]1CN([C@@H]2CCN(c3cnn(C)c3)C2=O)CCO1. The highest BCUT2D eigenvalue weighted by atomic mass is 16.5. The fraction of sp³-hybridized carbons (Fsp3) is 0.714. The highest BCUT2D eigenvalue weighted by Gasteiger charge is 2.38. The van der Waals surface area contributed by atoms with Crippen molar-refractivity contribution in [3.05, 3.63) is 12.4 Å². The lowest BCUT2D eigenvalue weighted by molar-refractivity contribution is -0.124. The predicted molar refractivity (Wildman–Crippen MR) is 75.6 cm³/mol. The molecule has 0 bridgehead atoms. The zero-order chi connectivity index (χ0) is 14.1. The summed E-state index contributed by atoms with van der Waals surface area (Å²) < 4.78 is 7.42. The number of morpholine rings is 1. The predicted octanol–water partition coefficient (Wildman–Crippen LogP) is 0.636. The van der Waals surface area contributed by atoms with E-state index in [0.717, 1.165) is 44.8 Å². The summed E-state index contributed by atoms with van der Waals surface area (Å²) in [6, 6.07) is 0.00755. The summed E-state index contributed by atoms with van der Waals surface area (Å²) in [6.45, 7) is 5.37. The molecule has 2 aliphatic rings. The summed E-state index contributed by atoms with van der Waals surface area (Å²) in [4.78, 5) is 16.8. The molecular weight excluding hydrogens is 256 g/mol. The number of anilines is 1. The molecule has 1 aromatic heterocycles. The average molecular weight is 278 g/mol. The summed E-state index contributed by atoms with van der Waals surface area (Å²) in [5.41, 5.74) is 0.903. The Morgan fingerprint density at radius 1 is 1.45 bits per heavy atom. The van der Waals surface area contributed by atoms with Crippen LogP contribution in [0.15, 0.2) is 12.4 Å². The Labute approximate surface area is 119 Å². The van der Waals surface area contributed by atoms with E-state index in [1.54, 1.807) is 10.9 Å². The van der Waals surface area contributed by atoms with Gasteiger partial charge in [-0.3, -0.25) is 14.4 Å². The first kappa shape index (κ1) is 13.6. The summed E-state index contributed by atoms with van der Waals surface area (Å²) in [5, 5.41) is 4.15. The van der Waals surface area contributed by atoms with Crippen LogP contribution >= 0.6 is 0 Å². The number of carbonyl (C=O) groups is 1. The molecule has 6 nitrogen and oxygen atoms in total. The Hall–Kier alpha value is -1.40. The Morgan fingerprint density at radius 3 is 3.00 bits per heavy atom. The van der Waals surface area contributed by atoms with Crippen LogP contribution in [0, 0.1) is 0 Å². The van der Waals surface area contributed by atoms with Crippen molar-refractivity contribution < 1.29 is 9.53 Å². The van der Waals surface area contributed by atoms with E-state index in [0.29, 0.717) is 0 Å².